The van der Waals surface area contributed by atoms with Crippen molar-refractivity contribution in [1.82, 2.24) is 31.6 Å². The van der Waals surface area contributed by atoms with Gasteiger partial charge in [-0.15, -0.1) is 5.06 Å². The zero-order chi connectivity index (χ0) is 52.6. The van der Waals surface area contributed by atoms with Crippen LogP contribution in [0.2, 0.25) is 0 Å². The molecule has 1 fully saturated rings. The van der Waals surface area contributed by atoms with E-state index in [1.807, 2.05) is 13.8 Å². The number of imide groups is 1. The van der Waals surface area contributed by atoms with Gasteiger partial charge in [0.2, 0.25) is 23.6 Å². The highest BCUT2D eigenvalue weighted by molar-refractivity contribution is 6.04. The number of carboxylic acid groups (broad SMARTS) is 4. The van der Waals surface area contributed by atoms with Crippen molar-refractivity contribution in [3.63, 3.8) is 0 Å². The average molecular weight is 975 g/mol. The number of nitrogens with zero attached hydrogens (tertiary/aromatic N) is 1. The van der Waals surface area contributed by atoms with Crippen LogP contribution in [0.15, 0.2) is 42.5 Å². The number of aryl methyl sites for hydroxylation is 2. The fourth-order valence-corrected chi connectivity index (χ4v) is 5.34. The SMILES string of the molecule is CC.CCC(=O)O.CCC(=O)O.Cc1cc(CCC(=O)NCCCCC(NC(=O)CNC(=O)[C@@H](CCC(=O)O)NC(=O)CNC(=O)c2cccc(C(=O)ON3C(=O)CCC3=O)c2)C(=O)O)ccc1O. The monoisotopic (exact) mass is 974 g/mol. The number of phenols is 1. The van der Waals surface area contributed by atoms with Crippen molar-refractivity contribution in [1.29, 1.82) is 0 Å². The van der Waals surface area contributed by atoms with Gasteiger partial charge in [-0.2, -0.15) is 0 Å². The number of unbranched alkanes of at least 4 members (excludes halogenated alkanes) is 1. The van der Waals surface area contributed by atoms with E-state index in [0.29, 0.717) is 29.9 Å². The summed E-state index contributed by atoms with van der Waals surface area (Å²) in [5.41, 5.74) is 1.30. The van der Waals surface area contributed by atoms with Gasteiger partial charge in [-0.3, -0.25) is 47.9 Å². The fourth-order valence-electron chi connectivity index (χ4n) is 5.34. The molecule has 10 N–H and O–H groups in total. The molecular formula is C45H62N6O18. The van der Waals surface area contributed by atoms with Crippen LogP contribution in [0.3, 0.4) is 0 Å². The van der Waals surface area contributed by atoms with Gasteiger partial charge in [0.05, 0.1) is 18.7 Å². The molecule has 24 nitrogen and oxygen atoms in total. The maximum absolute atomic E-state index is 12.9. The molecule has 0 aliphatic carbocycles. The highest BCUT2D eigenvalue weighted by Crippen LogP contribution is 2.18. The minimum absolute atomic E-state index is 0.00961. The van der Waals surface area contributed by atoms with Crippen LogP contribution in [0.1, 0.15) is 124 Å². The van der Waals surface area contributed by atoms with Crippen molar-refractivity contribution in [2.75, 3.05) is 19.6 Å². The van der Waals surface area contributed by atoms with Crippen molar-refractivity contribution >= 4 is 71.2 Å². The summed E-state index contributed by atoms with van der Waals surface area (Å²) in [6.45, 7) is 7.81. The molecule has 1 unspecified atom stereocenters. The third-order valence-electron chi connectivity index (χ3n) is 9.05. The van der Waals surface area contributed by atoms with E-state index in [-0.39, 0.29) is 67.9 Å². The second kappa shape index (κ2) is 33.5. The highest BCUT2D eigenvalue weighted by Gasteiger charge is 2.33. The Bertz CT molecular complexity index is 2100. The van der Waals surface area contributed by atoms with Crippen LogP contribution in [0.4, 0.5) is 0 Å². The zero-order valence-corrected chi connectivity index (χ0v) is 39.1. The van der Waals surface area contributed by atoms with Crippen molar-refractivity contribution in [2.45, 2.75) is 117 Å². The number of hydrogen-bond acceptors (Lipinski definition) is 14. The van der Waals surface area contributed by atoms with Crippen LogP contribution < -0.4 is 26.6 Å². The number of carbonyl (C=O) groups excluding carboxylic acids is 8. The van der Waals surface area contributed by atoms with Gasteiger partial charge in [0.25, 0.3) is 17.7 Å². The highest BCUT2D eigenvalue weighted by atomic mass is 16.7. The van der Waals surface area contributed by atoms with Gasteiger partial charge in [-0.25, -0.2) is 9.59 Å². The normalized spacial score (nSPS) is 12.0. The molecule has 0 bridgehead atoms. The Morgan fingerprint density at radius 3 is 1.75 bits per heavy atom. The van der Waals surface area contributed by atoms with Crippen molar-refractivity contribution in [3.8, 4) is 5.75 Å². The van der Waals surface area contributed by atoms with E-state index >= 15 is 0 Å². The predicted octanol–water partition coefficient (Wildman–Crippen LogP) is 1.59. The molecular weight excluding hydrogens is 913 g/mol. The third kappa shape index (κ3) is 26.1. The number of aromatic hydroxyl groups is 1. The first-order valence-corrected chi connectivity index (χ1v) is 21.8. The summed E-state index contributed by atoms with van der Waals surface area (Å²) in [6.07, 6.45) is 0.680. The Balaban J connectivity index is 0.00000344. The van der Waals surface area contributed by atoms with E-state index in [1.165, 1.54) is 18.2 Å². The number of aliphatic carboxylic acids is 4. The molecule has 1 aliphatic rings. The first kappa shape index (κ1) is 61.1. The van der Waals surface area contributed by atoms with E-state index < -0.39 is 103 Å². The van der Waals surface area contributed by atoms with Crippen LogP contribution in [-0.4, -0.2) is 134 Å². The summed E-state index contributed by atoms with van der Waals surface area (Å²) < 4.78 is 0. The quantitative estimate of drug-likeness (QED) is 0.0527. The molecule has 2 aromatic carbocycles. The third-order valence-corrected chi connectivity index (χ3v) is 9.05. The Hall–Kier alpha value is -7.92. The number of carboxylic acids is 4. The van der Waals surface area contributed by atoms with E-state index in [9.17, 15) is 67.7 Å². The van der Waals surface area contributed by atoms with Gasteiger partial charge < -0.3 is 57.0 Å². The summed E-state index contributed by atoms with van der Waals surface area (Å²) >= 11 is 0. The zero-order valence-electron chi connectivity index (χ0n) is 39.1. The van der Waals surface area contributed by atoms with Crippen LogP contribution >= 0.6 is 0 Å². The molecule has 7 amide bonds. The van der Waals surface area contributed by atoms with Crippen LogP contribution in [0.25, 0.3) is 0 Å². The summed E-state index contributed by atoms with van der Waals surface area (Å²) in [5.74, 6) is -10.2. The van der Waals surface area contributed by atoms with Gasteiger partial charge in [0.15, 0.2) is 0 Å². The van der Waals surface area contributed by atoms with Gasteiger partial charge in [0.1, 0.15) is 17.8 Å². The predicted molar refractivity (Wildman–Crippen MR) is 242 cm³/mol. The lowest BCUT2D eigenvalue weighted by Gasteiger charge is -2.19. The lowest BCUT2D eigenvalue weighted by molar-refractivity contribution is -0.172. The number of hydroxylamine groups is 2. The molecule has 0 radical (unpaired) electrons. The van der Waals surface area contributed by atoms with E-state index in [0.717, 1.165) is 11.6 Å². The van der Waals surface area contributed by atoms with Crippen molar-refractivity contribution in [3.05, 3.63) is 64.7 Å². The lowest BCUT2D eigenvalue weighted by Crippen LogP contribution is -2.52. The molecule has 2 aromatic rings. The largest absolute Gasteiger partial charge is 0.508 e. The number of amides is 7. The topological polar surface area (TPSA) is 379 Å². The number of rotatable bonds is 24. The van der Waals surface area contributed by atoms with Crippen molar-refractivity contribution < 1.29 is 87.9 Å². The minimum atomic E-state index is -1.47. The number of hydrogen-bond donors (Lipinski definition) is 10. The Morgan fingerprint density at radius 2 is 1.22 bits per heavy atom. The summed E-state index contributed by atoms with van der Waals surface area (Å²) in [4.78, 5) is 145. The Morgan fingerprint density at radius 1 is 0.667 bits per heavy atom. The second-order valence-corrected chi connectivity index (χ2v) is 14.4. The number of carbonyl (C=O) groups is 12. The van der Waals surface area contributed by atoms with Crippen LogP contribution in [-0.2, 0) is 59.2 Å². The van der Waals surface area contributed by atoms with E-state index in [1.54, 1.807) is 39.0 Å². The Labute approximate surface area is 397 Å². The van der Waals surface area contributed by atoms with Gasteiger partial charge in [-0.1, -0.05) is 45.9 Å². The first-order chi connectivity index (χ1) is 32.6. The van der Waals surface area contributed by atoms with E-state index in [4.69, 9.17) is 20.2 Å². The Kier molecular flexibility index (Phi) is 29.7. The minimum Gasteiger partial charge on any atom is -0.508 e. The number of nitrogens with one attached hydrogen (secondary N) is 5. The fraction of sp³-hybridized carbons (Fsp3) is 0.467. The molecule has 2 atom stereocenters. The molecule has 69 heavy (non-hydrogen) atoms. The van der Waals surface area contributed by atoms with Gasteiger partial charge in [-0.05, 0) is 74.4 Å². The second-order valence-electron chi connectivity index (χ2n) is 14.4. The lowest BCUT2D eigenvalue weighted by atomic mass is 10.1. The van der Waals surface area contributed by atoms with Crippen LogP contribution in [0.5, 0.6) is 5.75 Å². The standard InChI is InChI=1S/C37H44N6O14.2C3H6O2.C2H6/c1-21-17-22(8-11-27(21)44)9-12-28(45)38-16-3-2-7-26(36(54)55)42-30(47)20-40-35(53)25(10-15-33(50)51)41-29(46)19-39-34(52)23-5-4-6-24(18-23)37(56)57-43-31(48)13-14-32(43)49;2*1-2-3(4)5;1-2/h4-6,8,11,17-18,25-26,44H,2-3,7,9-10,12-16,19-20H2,1H3,(H,38,45)(H,39,52)(H,40,53)(H,41,46)(H,42,47)(H,50,51)(H,54,55);2*2H2,1H3,(H,4,5);1-2H3/t25-,26?;;;/m1.../s1. The summed E-state index contributed by atoms with van der Waals surface area (Å²) in [7, 11) is 0. The molecule has 3 rings (SSSR count). The summed E-state index contributed by atoms with van der Waals surface area (Å²) in [5, 5.41) is 55.9. The molecule has 1 saturated heterocycles. The smallest absolute Gasteiger partial charge is 0.363 e. The van der Waals surface area contributed by atoms with E-state index in [2.05, 4.69) is 26.6 Å². The summed E-state index contributed by atoms with van der Waals surface area (Å²) in [6, 6.07) is 7.25. The van der Waals surface area contributed by atoms with Gasteiger partial charge in [0, 0.05) is 50.6 Å². The molecule has 380 valence electrons. The molecule has 0 saturated carbocycles. The van der Waals surface area contributed by atoms with Crippen molar-refractivity contribution in [2.24, 2.45) is 0 Å². The number of phenolic OH excluding ortho intramolecular Hbond substituents is 1. The maximum Gasteiger partial charge on any atom is 0.363 e. The molecule has 24 heteroatoms. The molecule has 0 spiro atoms. The average Bonchev–Trinajstić information content (AvgIpc) is 3.64. The van der Waals surface area contributed by atoms with Crippen LogP contribution in [0, 0.1) is 6.92 Å². The maximum atomic E-state index is 12.9. The molecule has 1 aliphatic heterocycles. The first-order valence-electron chi connectivity index (χ1n) is 21.8. The number of benzene rings is 2. The molecule has 1 heterocycles. The van der Waals surface area contributed by atoms with Gasteiger partial charge >= 0.3 is 29.8 Å². The molecule has 0 aromatic heterocycles.